The lowest BCUT2D eigenvalue weighted by Gasteiger charge is -2.14. The average molecular weight is 290 g/mol. The van der Waals surface area contributed by atoms with Crippen molar-refractivity contribution in [2.24, 2.45) is 0 Å². The summed E-state index contributed by atoms with van der Waals surface area (Å²) in [6.07, 6.45) is 0. The lowest BCUT2D eigenvalue weighted by Crippen LogP contribution is -2.13. The third-order valence-electron chi connectivity index (χ3n) is 3.13. The fraction of sp³-hybridized carbons (Fsp3) is 0.294. The summed E-state index contributed by atoms with van der Waals surface area (Å²) in [5.74, 6) is 0.966. The SMILES string of the molecule is CCNCc1cccc(C)c1OCc1cccc(Cl)c1. The second-order valence-electron chi connectivity index (χ2n) is 4.76. The number of hydrogen-bond acceptors (Lipinski definition) is 2. The molecular weight excluding hydrogens is 270 g/mol. The zero-order chi connectivity index (χ0) is 14.4. The molecule has 3 heteroatoms. The zero-order valence-electron chi connectivity index (χ0n) is 11.9. The second kappa shape index (κ2) is 7.32. The van der Waals surface area contributed by atoms with Gasteiger partial charge in [0.2, 0.25) is 0 Å². The van der Waals surface area contributed by atoms with E-state index in [4.69, 9.17) is 16.3 Å². The van der Waals surface area contributed by atoms with Crippen molar-refractivity contribution in [3.63, 3.8) is 0 Å². The van der Waals surface area contributed by atoms with Crippen LogP contribution < -0.4 is 10.1 Å². The zero-order valence-corrected chi connectivity index (χ0v) is 12.7. The van der Waals surface area contributed by atoms with E-state index in [1.807, 2.05) is 24.3 Å². The minimum absolute atomic E-state index is 0.532. The van der Waals surface area contributed by atoms with Crippen molar-refractivity contribution in [1.29, 1.82) is 0 Å². The molecule has 0 unspecified atom stereocenters. The normalized spacial score (nSPS) is 10.6. The van der Waals surface area contributed by atoms with Crippen molar-refractivity contribution in [3.8, 4) is 5.75 Å². The first kappa shape index (κ1) is 14.9. The van der Waals surface area contributed by atoms with Gasteiger partial charge in [-0.25, -0.2) is 0 Å². The highest BCUT2D eigenvalue weighted by Gasteiger charge is 2.07. The van der Waals surface area contributed by atoms with Crippen LogP contribution in [0.4, 0.5) is 0 Å². The average Bonchev–Trinajstić information content (AvgIpc) is 2.44. The van der Waals surface area contributed by atoms with Gasteiger partial charge in [0.15, 0.2) is 0 Å². The number of rotatable bonds is 6. The Kier molecular flexibility index (Phi) is 5.45. The maximum atomic E-state index is 6.01. The number of hydrogen-bond donors (Lipinski definition) is 1. The number of para-hydroxylation sites is 1. The highest BCUT2D eigenvalue weighted by Crippen LogP contribution is 2.24. The van der Waals surface area contributed by atoms with E-state index >= 15 is 0 Å². The molecule has 0 fully saturated rings. The fourth-order valence-electron chi connectivity index (χ4n) is 2.10. The van der Waals surface area contributed by atoms with Gasteiger partial charge in [-0.1, -0.05) is 48.9 Å². The molecule has 2 rings (SSSR count). The van der Waals surface area contributed by atoms with E-state index in [2.05, 4.69) is 37.4 Å². The summed E-state index contributed by atoms with van der Waals surface area (Å²) in [5.41, 5.74) is 3.42. The van der Waals surface area contributed by atoms with Crippen molar-refractivity contribution in [2.45, 2.75) is 27.0 Å². The van der Waals surface area contributed by atoms with Gasteiger partial charge in [-0.2, -0.15) is 0 Å². The lowest BCUT2D eigenvalue weighted by molar-refractivity contribution is 0.300. The van der Waals surface area contributed by atoms with Crippen LogP contribution in [-0.2, 0) is 13.2 Å². The summed E-state index contributed by atoms with van der Waals surface area (Å²) in [5, 5.41) is 4.08. The third kappa shape index (κ3) is 3.99. The molecule has 0 radical (unpaired) electrons. The molecule has 0 heterocycles. The Bertz CT molecular complexity index is 569. The Morgan fingerprint density at radius 3 is 2.70 bits per heavy atom. The first-order valence-electron chi connectivity index (χ1n) is 6.87. The fourth-order valence-corrected chi connectivity index (χ4v) is 2.31. The summed E-state index contributed by atoms with van der Waals surface area (Å²) in [6, 6.07) is 14.0. The van der Waals surface area contributed by atoms with Crippen LogP contribution in [0.3, 0.4) is 0 Å². The summed E-state index contributed by atoms with van der Waals surface area (Å²) in [7, 11) is 0. The van der Waals surface area contributed by atoms with Crippen LogP contribution in [0.5, 0.6) is 5.75 Å². The summed E-state index contributed by atoms with van der Waals surface area (Å²) >= 11 is 5.99. The lowest BCUT2D eigenvalue weighted by atomic mass is 10.1. The summed E-state index contributed by atoms with van der Waals surface area (Å²) in [4.78, 5) is 0. The first-order chi connectivity index (χ1) is 9.70. The second-order valence-corrected chi connectivity index (χ2v) is 5.20. The molecular formula is C17H20ClNO. The number of aryl methyl sites for hydroxylation is 1. The minimum atomic E-state index is 0.532. The van der Waals surface area contributed by atoms with Gasteiger partial charge in [0, 0.05) is 17.1 Å². The quantitative estimate of drug-likeness (QED) is 0.854. The molecule has 20 heavy (non-hydrogen) atoms. The van der Waals surface area contributed by atoms with Crippen molar-refractivity contribution in [3.05, 3.63) is 64.2 Å². The van der Waals surface area contributed by atoms with Crippen molar-refractivity contribution in [1.82, 2.24) is 5.32 Å². The predicted octanol–water partition coefficient (Wildman–Crippen LogP) is 4.34. The topological polar surface area (TPSA) is 21.3 Å². The van der Waals surface area contributed by atoms with Crippen LogP contribution in [0.2, 0.25) is 5.02 Å². The number of benzene rings is 2. The Morgan fingerprint density at radius 2 is 1.95 bits per heavy atom. The van der Waals surface area contributed by atoms with Gasteiger partial charge < -0.3 is 10.1 Å². The maximum absolute atomic E-state index is 6.01. The highest BCUT2D eigenvalue weighted by atomic mass is 35.5. The van der Waals surface area contributed by atoms with Gasteiger partial charge in [0.1, 0.15) is 12.4 Å². The Balaban J connectivity index is 2.11. The Hall–Kier alpha value is -1.51. The van der Waals surface area contributed by atoms with Crippen LogP contribution in [0.15, 0.2) is 42.5 Å². The molecule has 0 amide bonds. The smallest absolute Gasteiger partial charge is 0.127 e. The molecule has 0 saturated carbocycles. The Labute approximate surface area is 125 Å². The molecule has 2 nitrogen and oxygen atoms in total. The monoisotopic (exact) mass is 289 g/mol. The van der Waals surface area contributed by atoms with Crippen LogP contribution >= 0.6 is 11.6 Å². The highest BCUT2D eigenvalue weighted by molar-refractivity contribution is 6.30. The first-order valence-corrected chi connectivity index (χ1v) is 7.25. The van der Waals surface area contributed by atoms with E-state index < -0.39 is 0 Å². The molecule has 0 bridgehead atoms. The van der Waals surface area contributed by atoms with Gasteiger partial charge in [-0.15, -0.1) is 0 Å². The van der Waals surface area contributed by atoms with Crippen molar-refractivity contribution < 1.29 is 4.74 Å². The van der Waals surface area contributed by atoms with Gasteiger partial charge in [0.25, 0.3) is 0 Å². The molecule has 2 aromatic carbocycles. The van der Waals surface area contributed by atoms with E-state index in [9.17, 15) is 0 Å². The van der Waals surface area contributed by atoms with Crippen LogP contribution in [0.25, 0.3) is 0 Å². The molecule has 0 saturated heterocycles. The maximum Gasteiger partial charge on any atom is 0.127 e. The van der Waals surface area contributed by atoms with E-state index in [-0.39, 0.29) is 0 Å². The summed E-state index contributed by atoms with van der Waals surface area (Å²) in [6.45, 7) is 6.47. The standard InChI is InChI=1S/C17H20ClNO/c1-3-19-11-15-8-4-6-13(2)17(15)20-12-14-7-5-9-16(18)10-14/h4-10,19H,3,11-12H2,1-2H3. The van der Waals surface area contributed by atoms with Crippen LogP contribution in [-0.4, -0.2) is 6.54 Å². The van der Waals surface area contributed by atoms with Crippen molar-refractivity contribution in [2.75, 3.05) is 6.54 Å². The van der Waals surface area contributed by atoms with E-state index in [0.717, 1.165) is 35.0 Å². The van der Waals surface area contributed by atoms with Crippen LogP contribution in [0.1, 0.15) is 23.6 Å². The largest absolute Gasteiger partial charge is 0.488 e. The Morgan fingerprint density at radius 1 is 1.15 bits per heavy atom. The van der Waals surface area contributed by atoms with Gasteiger partial charge in [-0.05, 0) is 36.7 Å². The molecule has 0 atom stereocenters. The van der Waals surface area contributed by atoms with Crippen LogP contribution in [0, 0.1) is 6.92 Å². The van der Waals surface area contributed by atoms with Crippen molar-refractivity contribution >= 4 is 11.6 Å². The van der Waals surface area contributed by atoms with Gasteiger partial charge >= 0.3 is 0 Å². The van der Waals surface area contributed by atoms with Gasteiger partial charge in [0.05, 0.1) is 0 Å². The molecule has 0 aliphatic rings. The third-order valence-corrected chi connectivity index (χ3v) is 3.37. The van der Waals surface area contributed by atoms with Gasteiger partial charge in [-0.3, -0.25) is 0 Å². The molecule has 0 aliphatic heterocycles. The molecule has 106 valence electrons. The summed E-state index contributed by atoms with van der Waals surface area (Å²) < 4.78 is 6.01. The number of ether oxygens (including phenoxy) is 1. The molecule has 0 aliphatic carbocycles. The predicted molar refractivity (Wildman–Crippen MR) is 84.3 cm³/mol. The van der Waals surface area contributed by atoms with E-state index in [1.54, 1.807) is 0 Å². The molecule has 2 aromatic rings. The number of nitrogens with one attached hydrogen (secondary N) is 1. The molecule has 0 aromatic heterocycles. The minimum Gasteiger partial charge on any atom is -0.488 e. The van der Waals surface area contributed by atoms with E-state index in [0.29, 0.717) is 6.61 Å². The van der Waals surface area contributed by atoms with E-state index in [1.165, 1.54) is 5.56 Å². The molecule has 1 N–H and O–H groups in total. The molecule has 0 spiro atoms. The number of halogens is 1.